The van der Waals surface area contributed by atoms with Crippen LogP contribution >= 0.6 is 68.9 Å². The molecule has 0 aliphatic heterocycles. The van der Waals surface area contributed by atoms with Crippen molar-refractivity contribution in [1.82, 2.24) is 0 Å². The standard InChI is InChI=1S/C7H9BrN.6ClH.Sb/c1-2-9-6-4-3-5-7(9)8;;;;;;;/h3-6H,2H2,1H3;6*1H;/q+1;;;;;;;+5/p-6. The summed E-state index contributed by atoms with van der Waals surface area (Å²) in [6.07, 6.45) is 2.05. The van der Waals surface area contributed by atoms with Crippen molar-refractivity contribution >= 4 is 78.0 Å². The molecule has 0 aliphatic carbocycles. The molecule has 1 rings (SSSR count). The van der Waals surface area contributed by atoms with Gasteiger partial charge in [0.1, 0.15) is 6.54 Å². The van der Waals surface area contributed by atoms with Gasteiger partial charge in [-0.05, 0) is 13.0 Å². The van der Waals surface area contributed by atoms with Gasteiger partial charge in [0.15, 0.2) is 6.20 Å². The molecule has 96 valence electrons. The molecule has 1 heterocycles. The molecule has 0 N–H and O–H groups in total. The number of rotatable bonds is 1. The average molecular weight is 522 g/mol. The van der Waals surface area contributed by atoms with Gasteiger partial charge in [0.05, 0.1) is 0 Å². The Morgan fingerprint density at radius 3 is 1.81 bits per heavy atom. The summed E-state index contributed by atoms with van der Waals surface area (Å²) in [5.74, 6) is 0. The van der Waals surface area contributed by atoms with Gasteiger partial charge in [-0.2, -0.15) is 4.57 Å². The Balaban J connectivity index is 0.000000293. The quantitative estimate of drug-likeness (QED) is 0.261. The zero-order valence-electron chi connectivity index (χ0n) is 8.06. The molecule has 1 aromatic heterocycles. The van der Waals surface area contributed by atoms with Crippen LogP contribution in [0.4, 0.5) is 0 Å². The number of hydrogen-bond acceptors (Lipinski definition) is 0. The summed E-state index contributed by atoms with van der Waals surface area (Å²) in [5, 5.41) is 0. The molecule has 1 nitrogen and oxygen atoms in total. The van der Waals surface area contributed by atoms with Gasteiger partial charge in [-0.3, -0.25) is 0 Å². The summed E-state index contributed by atoms with van der Waals surface area (Å²) in [7, 11) is 25.0. The number of halogens is 7. The minimum absolute atomic E-state index is 1.02. The predicted molar refractivity (Wildman–Crippen MR) is 80.9 cm³/mol. The molecule has 0 saturated heterocycles. The Hall–Kier alpha value is 2.19. The van der Waals surface area contributed by atoms with E-state index in [9.17, 15) is 0 Å². The molecular weight excluding hydrogens is 512 g/mol. The Kier molecular flexibility index (Phi) is 6.44. The van der Waals surface area contributed by atoms with Crippen LogP contribution in [0.5, 0.6) is 0 Å². The number of nitrogens with zero attached hydrogens (tertiary/aromatic N) is 1. The predicted octanol–water partition coefficient (Wildman–Crippen LogP) is 5.51. The van der Waals surface area contributed by atoms with Gasteiger partial charge in [0.2, 0.25) is 4.60 Å². The summed E-state index contributed by atoms with van der Waals surface area (Å²) < 4.78 is 3.26. The Morgan fingerprint density at radius 1 is 1.12 bits per heavy atom. The molecule has 0 unspecified atom stereocenters. The summed E-state index contributed by atoms with van der Waals surface area (Å²) >= 11 is 3.42. The van der Waals surface area contributed by atoms with Gasteiger partial charge in [-0.15, -0.1) is 0 Å². The van der Waals surface area contributed by atoms with Crippen molar-refractivity contribution in [3.63, 3.8) is 0 Å². The molecular formula is C7H9BrCl6NSb. The Morgan fingerprint density at radius 2 is 1.56 bits per heavy atom. The number of aromatic nitrogens is 1. The van der Waals surface area contributed by atoms with Crippen LogP contribution in [0.25, 0.3) is 0 Å². The zero-order valence-corrected chi connectivity index (χ0v) is 16.7. The summed E-state index contributed by atoms with van der Waals surface area (Å²) in [6, 6.07) is 6.06. The van der Waals surface area contributed by atoms with E-state index in [-0.39, 0.29) is 0 Å². The summed E-state index contributed by atoms with van der Waals surface area (Å²) in [6.45, 7) is 3.13. The second kappa shape index (κ2) is 5.67. The molecule has 0 amide bonds. The van der Waals surface area contributed by atoms with E-state index in [0.717, 1.165) is 11.1 Å². The average Bonchev–Trinajstić information content (AvgIpc) is 1.99. The fraction of sp³-hybridized carbons (Fsp3) is 0.286. The van der Waals surface area contributed by atoms with Crippen LogP contribution in [-0.2, 0) is 6.54 Å². The van der Waals surface area contributed by atoms with Gasteiger partial charge in [-0.1, -0.05) is 0 Å². The first-order chi connectivity index (χ1) is 6.79. The third kappa shape index (κ3) is 16.2. The van der Waals surface area contributed by atoms with Crippen molar-refractivity contribution in [3.05, 3.63) is 29.0 Å². The monoisotopic (exact) mass is 517 g/mol. The third-order valence-electron chi connectivity index (χ3n) is 1.23. The molecule has 0 fully saturated rings. The molecule has 0 bridgehead atoms. The fourth-order valence-electron chi connectivity index (χ4n) is 0.712. The molecule has 0 saturated carbocycles. The zero-order chi connectivity index (χ0) is 13.1. The molecule has 0 aliphatic rings. The molecule has 0 aromatic carbocycles. The van der Waals surface area contributed by atoms with Crippen molar-refractivity contribution in [3.8, 4) is 0 Å². The maximum atomic E-state index is 5.06. The fourth-order valence-corrected chi connectivity index (χ4v) is 1.23. The maximum absolute atomic E-state index is 5.42. The van der Waals surface area contributed by atoms with Crippen LogP contribution in [-0.4, -0.2) is 9.14 Å². The van der Waals surface area contributed by atoms with Gasteiger partial charge < -0.3 is 0 Å². The molecule has 0 radical (unpaired) electrons. The second-order valence-electron chi connectivity index (χ2n) is 2.77. The van der Waals surface area contributed by atoms with Crippen LogP contribution < -0.4 is 4.57 Å². The van der Waals surface area contributed by atoms with Crippen molar-refractivity contribution in [2.24, 2.45) is 0 Å². The SMILES string of the molecule is CC[n+]1ccccc1Br.[Cl][Sb-]([Cl])([Cl])([Cl])([Cl])[Cl]. The molecule has 9 heteroatoms. The van der Waals surface area contributed by atoms with E-state index in [0.29, 0.717) is 0 Å². The normalized spacial score (nSPS) is 15.5. The number of pyridine rings is 1. The minimum atomic E-state index is -5.42. The Bertz CT molecular complexity index is 350. The third-order valence-corrected chi connectivity index (χ3v) is 1.95. The van der Waals surface area contributed by atoms with E-state index in [1.807, 2.05) is 24.4 Å². The molecule has 0 spiro atoms. The van der Waals surface area contributed by atoms with Crippen molar-refractivity contribution in [1.29, 1.82) is 0 Å². The van der Waals surface area contributed by atoms with Crippen LogP contribution in [0.3, 0.4) is 0 Å². The second-order valence-corrected chi connectivity index (χ2v) is 60.5. The van der Waals surface area contributed by atoms with E-state index >= 15 is 0 Å². The van der Waals surface area contributed by atoms with Crippen LogP contribution in [0.1, 0.15) is 6.92 Å². The van der Waals surface area contributed by atoms with E-state index < -0.39 is 9.14 Å². The van der Waals surface area contributed by atoms with E-state index in [1.165, 1.54) is 0 Å². The van der Waals surface area contributed by atoms with Gasteiger partial charge >= 0.3 is 62.1 Å². The molecule has 1 aromatic rings. The van der Waals surface area contributed by atoms with E-state index in [4.69, 9.17) is 53.0 Å². The summed E-state index contributed by atoms with van der Waals surface area (Å²) in [5.41, 5.74) is 0. The number of hydrogen-bond donors (Lipinski definition) is 0. The van der Waals surface area contributed by atoms with Gasteiger partial charge in [-0.25, -0.2) is 0 Å². The topological polar surface area (TPSA) is 3.88 Å². The van der Waals surface area contributed by atoms with Crippen LogP contribution in [0.2, 0.25) is 0 Å². The summed E-state index contributed by atoms with van der Waals surface area (Å²) in [4.78, 5) is 0. The van der Waals surface area contributed by atoms with E-state index in [2.05, 4.69) is 27.4 Å². The first kappa shape index (κ1) is 18.2. The number of aryl methyl sites for hydroxylation is 1. The Labute approximate surface area is 123 Å². The van der Waals surface area contributed by atoms with Crippen LogP contribution in [0, 0.1) is 0 Å². The molecule has 0 atom stereocenters. The first-order valence-electron chi connectivity index (χ1n) is 4.00. The van der Waals surface area contributed by atoms with Crippen molar-refractivity contribution in [2.45, 2.75) is 13.5 Å². The molecule has 16 heavy (non-hydrogen) atoms. The van der Waals surface area contributed by atoms with E-state index in [1.54, 1.807) is 0 Å². The first-order valence-corrected chi connectivity index (χ1v) is 24.2. The van der Waals surface area contributed by atoms with Gasteiger partial charge in [0.25, 0.3) is 0 Å². The van der Waals surface area contributed by atoms with Gasteiger partial charge in [0, 0.05) is 28.1 Å². The van der Waals surface area contributed by atoms with Crippen LogP contribution in [0.15, 0.2) is 29.0 Å². The van der Waals surface area contributed by atoms with Crippen molar-refractivity contribution < 1.29 is 4.57 Å². The van der Waals surface area contributed by atoms with Crippen molar-refractivity contribution in [2.75, 3.05) is 0 Å².